The van der Waals surface area contributed by atoms with Crippen molar-refractivity contribution in [2.24, 2.45) is 0 Å². The maximum absolute atomic E-state index is 13.0. The van der Waals surface area contributed by atoms with E-state index in [4.69, 9.17) is 5.11 Å². The van der Waals surface area contributed by atoms with Gasteiger partial charge >= 0.3 is 5.97 Å². The number of pyridine rings is 1. The van der Waals surface area contributed by atoms with Crippen LogP contribution in [0.5, 0.6) is 0 Å². The quantitative estimate of drug-likeness (QED) is 0.842. The van der Waals surface area contributed by atoms with Crippen molar-refractivity contribution >= 4 is 5.97 Å². The van der Waals surface area contributed by atoms with Crippen molar-refractivity contribution in [1.82, 2.24) is 25.2 Å². The second kappa shape index (κ2) is 5.30. The van der Waals surface area contributed by atoms with E-state index >= 15 is 0 Å². The number of carboxylic acids is 1. The molecule has 0 unspecified atom stereocenters. The van der Waals surface area contributed by atoms with Gasteiger partial charge in [-0.25, -0.2) is 9.07 Å². The molecule has 2 aromatic rings. The third kappa shape index (κ3) is 2.84. The van der Waals surface area contributed by atoms with Crippen molar-refractivity contribution in [3.05, 3.63) is 24.3 Å². The van der Waals surface area contributed by atoms with E-state index in [9.17, 15) is 9.18 Å². The van der Waals surface area contributed by atoms with Crippen LogP contribution in [0.3, 0.4) is 0 Å². The molecule has 0 aliphatic heterocycles. The summed E-state index contributed by atoms with van der Waals surface area (Å²) < 4.78 is 14.5. The molecule has 8 heteroatoms. The second-order valence-electron chi connectivity index (χ2n) is 3.61. The maximum atomic E-state index is 13.0. The predicted molar refractivity (Wildman–Crippen MR) is 57.9 cm³/mol. The number of carbonyl (C=O) groups is 1. The highest BCUT2D eigenvalue weighted by Gasteiger charge is 2.10. The summed E-state index contributed by atoms with van der Waals surface area (Å²) in [6.45, 7) is 0.352. The molecule has 2 rings (SSSR count). The van der Waals surface area contributed by atoms with Crippen molar-refractivity contribution in [2.75, 3.05) is 0 Å². The van der Waals surface area contributed by atoms with Gasteiger partial charge in [-0.15, -0.1) is 5.10 Å². The lowest BCUT2D eigenvalue weighted by atomic mass is 10.2. The fraction of sp³-hybridized carbons (Fsp3) is 0.300. The molecular weight excluding hydrogens is 241 g/mol. The summed E-state index contributed by atoms with van der Waals surface area (Å²) in [5.41, 5.74) is 0.454. The van der Waals surface area contributed by atoms with E-state index in [1.807, 2.05) is 0 Å². The van der Waals surface area contributed by atoms with Gasteiger partial charge in [0, 0.05) is 24.7 Å². The van der Waals surface area contributed by atoms with E-state index in [0.717, 1.165) is 6.20 Å². The zero-order valence-corrected chi connectivity index (χ0v) is 9.32. The van der Waals surface area contributed by atoms with Crippen molar-refractivity contribution in [2.45, 2.75) is 19.4 Å². The lowest BCUT2D eigenvalue weighted by Crippen LogP contribution is -2.05. The fourth-order valence-electron chi connectivity index (χ4n) is 1.48. The summed E-state index contributed by atoms with van der Waals surface area (Å²) in [6, 6.07) is 1.27. The number of hydrogen-bond donors (Lipinski definition) is 1. The molecule has 94 valence electrons. The second-order valence-corrected chi connectivity index (χ2v) is 3.61. The van der Waals surface area contributed by atoms with Crippen molar-refractivity contribution < 1.29 is 14.3 Å². The van der Waals surface area contributed by atoms with Crippen LogP contribution in [0.1, 0.15) is 12.8 Å². The molecule has 0 atom stereocenters. The highest BCUT2D eigenvalue weighted by atomic mass is 19.1. The molecule has 7 nitrogen and oxygen atoms in total. The number of aliphatic carboxylic acids is 1. The number of nitrogens with zero attached hydrogens (tertiary/aromatic N) is 5. The minimum atomic E-state index is -0.878. The van der Waals surface area contributed by atoms with Crippen LogP contribution in [0.2, 0.25) is 0 Å². The summed E-state index contributed by atoms with van der Waals surface area (Å²) in [7, 11) is 0. The third-order valence-corrected chi connectivity index (χ3v) is 2.26. The summed E-state index contributed by atoms with van der Waals surface area (Å²) in [5, 5.41) is 19.5. The summed E-state index contributed by atoms with van der Waals surface area (Å²) in [6.07, 6.45) is 2.96. The highest BCUT2D eigenvalue weighted by molar-refractivity contribution is 5.66. The molecule has 0 spiro atoms. The van der Waals surface area contributed by atoms with Crippen LogP contribution in [0.4, 0.5) is 4.39 Å². The van der Waals surface area contributed by atoms with Gasteiger partial charge in [0.25, 0.3) is 0 Å². The van der Waals surface area contributed by atoms with Gasteiger partial charge in [-0.2, -0.15) is 0 Å². The van der Waals surface area contributed by atoms with Gasteiger partial charge in [-0.3, -0.25) is 9.78 Å². The number of aromatic nitrogens is 5. The molecular formula is C10H10FN5O2. The van der Waals surface area contributed by atoms with Gasteiger partial charge in [0.15, 0.2) is 5.82 Å². The SMILES string of the molecule is O=C(O)CCCn1nnnc1-c1cncc(F)c1. The van der Waals surface area contributed by atoms with Gasteiger partial charge in [0.2, 0.25) is 0 Å². The molecule has 18 heavy (non-hydrogen) atoms. The summed E-state index contributed by atoms with van der Waals surface area (Å²) in [4.78, 5) is 14.1. The van der Waals surface area contributed by atoms with Crippen LogP contribution in [0.15, 0.2) is 18.5 Å². The van der Waals surface area contributed by atoms with Crippen LogP contribution in [0.25, 0.3) is 11.4 Å². The zero-order valence-electron chi connectivity index (χ0n) is 9.32. The molecule has 2 aromatic heterocycles. The number of tetrazole rings is 1. The molecule has 1 N–H and O–H groups in total. The summed E-state index contributed by atoms with van der Waals surface area (Å²) in [5.74, 6) is -0.989. The first-order valence-electron chi connectivity index (χ1n) is 5.25. The first-order chi connectivity index (χ1) is 8.66. The lowest BCUT2D eigenvalue weighted by Gasteiger charge is -2.03. The van der Waals surface area contributed by atoms with E-state index in [1.165, 1.54) is 16.9 Å². The molecule has 0 aliphatic carbocycles. The Kier molecular flexibility index (Phi) is 3.56. The predicted octanol–water partition coefficient (Wildman–Crippen LogP) is 0.739. The Morgan fingerprint density at radius 1 is 1.44 bits per heavy atom. The van der Waals surface area contributed by atoms with E-state index in [0.29, 0.717) is 24.4 Å². The van der Waals surface area contributed by atoms with Crippen LogP contribution < -0.4 is 0 Å². The number of carboxylic acid groups (broad SMARTS) is 1. The number of aryl methyl sites for hydroxylation is 1. The molecule has 0 amide bonds. The maximum Gasteiger partial charge on any atom is 0.303 e. The number of halogens is 1. The molecule has 0 saturated heterocycles. The van der Waals surface area contributed by atoms with Gasteiger partial charge in [-0.1, -0.05) is 0 Å². The number of hydrogen-bond acceptors (Lipinski definition) is 5. The van der Waals surface area contributed by atoms with Crippen LogP contribution in [-0.2, 0) is 11.3 Å². The Balaban J connectivity index is 2.15. The lowest BCUT2D eigenvalue weighted by molar-refractivity contribution is -0.137. The van der Waals surface area contributed by atoms with Crippen molar-refractivity contribution in [1.29, 1.82) is 0 Å². The summed E-state index contributed by atoms with van der Waals surface area (Å²) >= 11 is 0. The standard InChI is InChI=1S/C10H10FN5O2/c11-8-4-7(5-12-6-8)10-13-14-15-16(10)3-1-2-9(17)18/h4-6H,1-3H2,(H,17,18). The normalized spacial score (nSPS) is 10.5. The molecule has 0 bridgehead atoms. The molecule has 0 saturated carbocycles. The van der Waals surface area contributed by atoms with E-state index in [1.54, 1.807) is 0 Å². The van der Waals surface area contributed by atoms with Crippen molar-refractivity contribution in [3.63, 3.8) is 0 Å². The molecule has 0 fully saturated rings. The third-order valence-electron chi connectivity index (χ3n) is 2.26. The minimum absolute atomic E-state index is 0.0285. The minimum Gasteiger partial charge on any atom is -0.481 e. The average molecular weight is 251 g/mol. The van der Waals surface area contributed by atoms with E-state index < -0.39 is 11.8 Å². The monoisotopic (exact) mass is 251 g/mol. The van der Waals surface area contributed by atoms with E-state index in [-0.39, 0.29) is 6.42 Å². The van der Waals surface area contributed by atoms with Gasteiger partial charge in [-0.05, 0) is 22.9 Å². The van der Waals surface area contributed by atoms with Gasteiger partial charge in [0.1, 0.15) is 5.82 Å². The van der Waals surface area contributed by atoms with Crippen molar-refractivity contribution in [3.8, 4) is 11.4 Å². The van der Waals surface area contributed by atoms with Crippen LogP contribution in [0, 0.1) is 5.82 Å². The molecule has 2 heterocycles. The Morgan fingerprint density at radius 2 is 2.28 bits per heavy atom. The smallest absolute Gasteiger partial charge is 0.303 e. The number of rotatable bonds is 5. The zero-order chi connectivity index (χ0) is 13.0. The Morgan fingerprint density at radius 3 is 3.00 bits per heavy atom. The Labute approximate surface area is 101 Å². The van der Waals surface area contributed by atoms with Gasteiger partial charge < -0.3 is 5.11 Å². The fourth-order valence-corrected chi connectivity index (χ4v) is 1.48. The van der Waals surface area contributed by atoms with Crippen LogP contribution >= 0.6 is 0 Å². The first kappa shape index (κ1) is 12.1. The molecule has 0 aromatic carbocycles. The Bertz CT molecular complexity index is 557. The highest BCUT2D eigenvalue weighted by Crippen LogP contribution is 2.15. The topological polar surface area (TPSA) is 93.8 Å². The van der Waals surface area contributed by atoms with Gasteiger partial charge in [0.05, 0.1) is 6.20 Å². The Hall–Kier alpha value is -2.38. The largest absolute Gasteiger partial charge is 0.481 e. The van der Waals surface area contributed by atoms with Crippen LogP contribution in [-0.4, -0.2) is 36.3 Å². The molecule has 0 radical (unpaired) electrons. The van der Waals surface area contributed by atoms with E-state index in [2.05, 4.69) is 20.5 Å². The molecule has 0 aliphatic rings. The average Bonchev–Trinajstić information content (AvgIpc) is 2.77. The first-order valence-corrected chi connectivity index (χ1v) is 5.25.